The molecule has 2 aromatic carbocycles. The van der Waals surface area contributed by atoms with Crippen LogP contribution in [0.4, 0.5) is 10.1 Å². The van der Waals surface area contributed by atoms with Crippen molar-refractivity contribution < 1.29 is 23.5 Å². The summed E-state index contributed by atoms with van der Waals surface area (Å²) < 4.78 is 19.6. The van der Waals surface area contributed by atoms with Crippen LogP contribution in [0.3, 0.4) is 0 Å². The van der Waals surface area contributed by atoms with Crippen molar-refractivity contribution in [3.8, 4) is 0 Å². The summed E-state index contributed by atoms with van der Waals surface area (Å²) >= 11 is 6.04. The number of hydrogen-bond acceptors (Lipinski definition) is 4. The number of carbonyl (C=O) groups is 3. The fraction of sp³-hybridized carbons (Fsp3) is 0.318. The minimum absolute atomic E-state index is 0.0402. The van der Waals surface area contributed by atoms with Crippen LogP contribution in [-0.2, 0) is 20.9 Å². The molecule has 2 aromatic rings. The van der Waals surface area contributed by atoms with Crippen molar-refractivity contribution in [3.63, 3.8) is 0 Å². The van der Waals surface area contributed by atoms with Crippen LogP contribution in [0.25, 0.3) is 0 Å². The molecule has 1 fully saturated rings. The first-order chi connectivity index (χ1) is 14.3. The molecule has 30 heavy (non-hydrogen) atoms. The first-order valence-corrected chi connectivity index (χ1v) is 10.0. The number of esters is 1. The Morgan fingerprint density at radius 3 is 2.63 bits per heavy atom. The Morgan fingerprint density at radius 2 is 1.93 bits per heavy atom. The minimum Gasteiger partial charge on any atom is -0.457 e. The number of fused-ring (bicyclic) bond motifs is 3. The summed E-state index contributed by atoms with van der Waals surface area (Å²) in [4.78, 5) is 42.3. The maximum atomic E-state index is 14.1. The second-order valence-electron chi connectivity index (χ2n) is 7.61. The van der Waals surface area contributed by atoms with Gasteiger partial charge in [0.25, 0.3) is 5.91 Å². The van der Waals surface area contributed by atoms with E-state index in [0.717, 1.165) is 0 Å². The monoisotopic (exact) mass is 430 g/mol. The zero-order valence-electron chi connectivity index (χ0n) is 16.5. The Kier molecular flexibility index (Phi) is 5.02. The van der Waals surface area contributed by atoms with Crippen molar-refractivity contribution in [1.82, 2.24) is 4.90 Å². The van der Waals surface area contributed by atoms with Gasteiger partial charge in [0.2, 0.25) is 11.6 Å². The number of rotatable bonds is 4. The number of carbonyl (C=O) groups excluding carboxylic acids is 3. The normalized spacial score (nSPS) is 20.4. The van der Waals surface area contributed by atoms with Gasteiger partial charge < -0.3 is 9.64 Å². The second kappa shape index (κ2) is 7.40. The van der Waals surface area contributed by atoms with Crippen LogP contribution < -0.4 is 4.90 Å². The molecule has 2 aliphatic rings. The number of halogens is 2. The molecule has 0 aromatic heterocycles. The van der Waals surface area contributed by atoms with Gasteiger partial charge in [0.1, 0.15) is 12.4 Å². The number of para-hydroxylation sites is 1. The van der Waals surface area contributed by atoms with Crippen LogP contribution in [0.5, 0.6) is 0 Å². The predicted molar refractivity (Wildman–Crippen MR) is 108 cm³/mol. The van der Waals surface area contributed by atoms with Crippen molar-refractivity contribution in [1.29, 1.82) is 0 Å². The van der Waals surface area contributed by atoms with Gasteiger partial charge in [0, 0.05) is 24.4 Å². The lowest BCUT2D eigenvalue weighted by Gasteiger charge is -2.50. The van der Waals surface area contributed by atoms with Crippen molar-refractivity contribution in [2.24, 2.45) is 0 Å². The second-order valence-corrected chi connectivity index (χ2v) is 8.02. The molecule has 8 heteroatoms. The highest BCUT2D eigenvalue weighted by molar-refractivity contribution is 6.31. The highest BCUT2D eigenvalue weighted by Crippen LogP contribution is 2.46. The molecular formula is C22H20ClFN2O4. The number of ether oxygens (including phenoxy) is 1. The molecule has 1 atom stereocenters. The van der Waals surface area contributed by atoms with E-state index in [2.05, 4.69) is 0 Å². The van der Waals surface area contributed by atoms with Gasteiger partial charge in [0.05, 0.1) is 16.3 Å². The molecule has 0 bridgehead atoms. The van der Waals surface area contributed by atoms with E-state index in [1.165, 1.54) is 28.0 Å². The lowest BCUT2D eigenvalue weighted by atomic mass is 9.95. The Labute approximate surface area is 178 Å². The van der Waals surface area contributed by atoms with Gasteiger partial charge >= 0.3 is 5.97 Å². The molecule has 156 valence electrons. The summed E-state index contributed by atoms with van der Waals surface area (Å²) in [7, 11) is 0. The number of anilines is 1. The van der Waals surface area contributed by atoms with E-state index in [0.29, 0.717) is 11.3 Å². The molecule has 0 radical (unpaired) electrons. The zero-order valence-corrected chi connectivity index (χ0v) is 17.3. The maximum Gasteiger partial charge on any atom is 0.354 e. The van der Waals surface area contributed by atoms with Gasteiger partial charge in [-0.05, 0) is 38.1 Å². The van der Waals surface area contributed by atoms with E-state index in [1.54, 1.807) is 38.1 Å². The molecule has 1 saturated heterocycles. The summed E-state index contributed by atoms with van der Waals surface area (Å²) in [5, 5.41) is 0.130. The number of nitrogens with zero attached hydrogens (tertiary/aromatic N) is 2. The van der Waals surface area contributed by atoms with Gasteiger partial charge in [-0.25, -0.2) is 9.18 Å². The minimum atomic E-state index is -1.62. The van der Waals surface area contributed by atoms with Crippen LogP contribution in [0, 0.1) is 5.82 Å². The lowest BCUT2D eigenvalue weighted by molar-refractivity contribution is -0.159. The fourth-order valence-electron chi connectivity index (χ4n) is 4.30. The summed E-state index contributed by atoms with van der Waals surface area (Å²) in [5.74, 6) is -2.02. The summed E-state index contributed by atoms with van der Waals surface area (Å²) in [5.41, 5.74) is -0.850. The first-order valence-electron chi connectivity index (χ1n) is 9.65. The van der Waals surface area contributed by atoms with E-state index >= 15 is 0 Å². The van der Waals surface area contributed by atoms with Crippen LogP contribution >= 0.6 is 11.6 Å². The molecule has 2 heterocycles. The zero-order chi connectivity index (χ0) is 21.6. The van der Waals surface area contributed by atoms with E-state index in [4.69, 9.17) is 16.3 Å². The van der Waals surface area contributed by atoms with Gasteiger partial charge in [0.15, 0.2) is 0 Å². The molecule has 0 saturated carbocycles. The van der Waals surface area contributed by atoms with Gasteiger partial charge in [-0.15, -0.1) is 0 Å². The number of amides is 2. The number of hydrogen-bond donors (Lipinski definition) is 0. The van der Waals surface area contributed by atoms with E-state index < -0.39 is 24.1 Å². The Bertz CT molecular complexity index is 1040. The van der Waals surface area contributed by atoms with Crippen LogP contribution in [0.2, 0.25) is 5.02 Å². The molecule has 0 N–H and O–H groups in total. The molecule has 0 spiro atoms. The summed E-state index contributed by atoms with van der Waals surface area (Å²) in [6, 6.07) is 10.5. The Morgan fingerprint density at radius 1 is 1.20 bits per heavy atom. The van der Waals surface area contributed by atoms with Crippen molar-refractivity contribution in [2.75, 3.05) is 4.90 Å². The lowest BCUT2D eigenvalue weighted by Crippen LogP contribution is -2.70. The molecule has 6 nitrogen and oxygen atoms in total. The van der Waals surface area contributed by atoms with Crippen LogP contribution in [-0.4, -0.2) is 34.4 Å². The van der Waals surface area contributed by atoms with E-state index in [1.807, 2.05) is 0 Å². The Balaban J connectivity index is 1.78. The third-order valence-corrected chi connectivity index (χ3v) is 5.91. The van der Waals surface area contributed by atoms with Gasteiger partial charge in [-0.1, -0.05) is 29.8 Å². The topological polar surface area (TPSA) is 66.9 Å². The highest BCUT2D eigenvalue weighted by Gasteiger charge is 2.62. The molecule has 2 aliphatic heterocycles. The van der Waals surface area contributed by atoms with Crippen molar-refractivity contribution in [2.45, 2.75) is 45.0 Å². The average Bonchev–Trinajstić information content (AvgIpc) is 3.05. The van der Waals surface area contributed by atoms with Crippen LogP contribution in [0.1, 0.15) is 42.6 Å². The molecular weight excluding hydrogens is 411 g/mol. The smallest absolute Gasteiger partial charge is 0.354 e. The van der Waals surface area contributed by atoms with Gasteiger partial charge in [-0.3, -0.25) is 14.5 Å². The summed E-state index contributed by atoms with van der Waals surface area (Å²) in [6.45, 7) is 3.14. The molecule has 2 amide bonds. The number of benzene rings is 2. The highest BCUT2D eigenvalue weighted by atomic mass is 35.5. The third kappa shape index (κ3) is 2.88. The van der Waals surface area contributed by atoms with Gasteiger partial charge in [-0.2, -0.15) is 0 Å². The molecule has 1 unspecified atom stereocenters. The molecule has 4 rings (SSSR count). The fourth-order valence-corrected chi connectivity index (χ4v) is 4.51. The van der Waals surface area contributed by atoms with E-state index in [-0.39, 0.29) is 41.3 Å². The molecule has 0 aliphatic carbocycles. The standard InChI is InChI=1S/C22H20ClFN2O4/c1-13(2)25-20(28)14-6-3-4-9-18(14)26-19(27)10-11-22(25,26)21(29)30-12-15-16(23)7-5-8-17(15)24/h3-9,13H,10-12H2,1-2H3. The maximum absolute atomic E-state index is 14.1. The van der Waals surface area contributed by atoms with Crippen LogP contribution in [0.15, 0.2) is 42.5 Å². The predicted octanol–water partition coefficient (Wildman–Crippen LogP) is 3.91. The Hall–Kier alpha value is -2.93. The van der Waals surface area contributed by atoms with Crippen molar-refractivity contribution >= 4 is 35.1 Å². The van der Waals surface area contributed by atoms with E-state index in [9.17, 15) is 18.8 Å². The SMILES string of the molecule is CC(C)N1C(=O)c2ccccc2N2C(=O)CCC21C(=O)OCc1c(F)cccc1Cl. The average molecular weight is 431 g/mol. The summed E-state index contributed by atoms with van der Waals surface area (Å²) in [6.07, 6.45) is 0.175. The quantitative estimate of drug-likeness (QED) is 0.690. The third-order valence-electron chi connectivity index (χ3n) is 5.55. The largest absolute Gasteiger partial charge is 0.457 e. The first kappa shape index (κ1) is 20.3. The van der Waals surface area contributed by atoms with Crippen molar-refractivity contribution in [3.05, 3.63) is 64.4 Å².